The van der Waals surface area contributed by atoms with E-state index in [-0.39, 0.29) is 16.4 Å². The molecule has 1 amide bonds. The Morgan fingerprint density at radius 3 is 2.35 bits per heavy atom. The summed E-state index contributed by atoms with van der Waals surface area (Å²) in [5.41, 5.74) is 4.79. The van der Waals surface area contributed by atoms with E-state index in [2.05, 4.69) is 33.0 Å². The number of aromatic carboxylic acids is 1. The number of carboxylic acids is 1. The van der Waals surface area contributed by atoms with Gasteiger partial charge in [-0.15, -0.1) is 0 Å². The van der Waals surface area contributed by atoms with Gasteiger partial charge in [0.1, 0.15) is 0 Å². The van der Waals surface area contributed by atoms with Crippen LogP contribution in [0.15, 0.2) is 36.4 Å². The van der Waals surface area contributed by atoms with Crippen molar-refractivity contribution in [1.82, 2.24) is 0 Å². The molecule has 3 rings (SSSR count). The maximum Gasteiger partial charge on any atom is 0.336 e. The molecule has 136 valence electrons. The van der Waals surface area contributed by atoms with Crippen LogP contribution in [0.25, 0.3) is 11.1 Å². The van der Waals surface area contributed by atoms with Gasteiger partial charge in [-0.3, -0.25) is 4.79 Å². The summed E-state index contributed by atoms with van der Waals surface area (Å²) in [4.78, 5) is 22.8. The van der Waals surface area contributed by atoms with Crippen LogP contribution in [0.5, 0.6) is 0 Å². The standard InChI is InChI=1S/C22H25NO3/c1-21(2)9-10-22(3,4)19-17(11-14(23-13-24)12-18(19)21)15-7-5-6-8-16(15)20(25)26/h5-8,11-13H,9-10H2,1-4H3,(H,23,24)(H,25,26). The van der Waals surface area contributed by atoms with Crippen molar-refractivity contribution in [2.45, 2.75) is 51.4 Å². The van der Waals surface area contributed by atoms with Gasteiger partial charge in [-0.2, -0.15) is 0 Å². The van der Waals surface area contributed by atoms with Crippen molar-refractivity contribution < 1.29 is 14.7 Å². The van der Waals surface area contributed by atoms with Crippen LogP contribution in [0.3, 0.4) is 0 Å². The zero-order valence-corrected chi connectivity index (χ0v) is 15.7. The van der Waals surface area contributed by atoms with E-state index in [1.54, 1.807) is 12.1 Å². The zero-order chi connectivity index (χ0) is 19.1. The minimum absolute atomic E-state index is 0.0433. The second kappa shape index (κ2) is 6.27. The maximum absolute atomic E-state index is 11.8. The van der Waals surface area contributed by atoms with E-state index in [9.17, 15) is 14.7 Å². The SMILES string of the molecule is CC1(C)CCC(C)(C)c2c(-c3ccccc3C(=O)O)cc(NC=O)cc21. The predicted octanol–water partition coefficient (Wildman–Crippen LogP) is 4.97. The van der Waals surface area contributed by atoms with Crippen LogP contribution in [0.4, 0.5) is 5.69 Å². The van der Waals surface area contributed by atoms with Crippen molar-refractivity contribution in [2.75, 3.05) is 5.32 Å². The first kappa shape index (κ1) is 18.2. The smallest absolute Gasteiger partial charge is 0.336 e. The van der Waals surface area contributed by atoms with Crippen molar-refractivity contribution in [3.63, 3.8) is 0 Å². The third kappa shape index (κ3) is 3.00. The lowest BCUT2D eigenvalue weighted by Crippen LogP contribution is -2.34. The summed E-state index contributed by atoms with van der Waals surface area (Å²) in [5, 5.41) is 12.4. The fourth-order valence-electron chi connectivity index (χ4n) is 4.06. The number of hydrogen-bond acceptors (Lipinski definition) is 2. The van der Waals surface area contributed by atoms with Gasteiger partial charge >= 0.3 is 5.97 Å². The van der Waals surface area contributed by atoms with Gasteiger partial charge in [0.15, 0.2) is 0 Å². The molecule has 0 heterocycles. The summed E-state index contributed by atoms with van der Waals surface area (Å²) in [6, 6.07) is 11.0. The molecular weight excluding hydrogens is 326 g/mol. The molecule has 0 unspecified atom stereocenters. The number of benzene rings is 2. The first-order chi connectivity index (χ1) is 12.2. The molecule has 0 radical (unpaired) electrons. The number of hydrogen-bond donors (Lipinski definition) is 2. The van der Waals surface area contributed by atoms with Gasteiger partial charge < -0.3 is 10.4 Å². The van der Waals surface area contributed by atoms with Gasteiger partial charge in [-0.25, -0.2) is 4.79 Å². The minimum Gasteiger partial charge on any atom is -0.478 e. The quantitative estimate of drug-likeness (QED) is 0.764. The lowest BCUT2D eigenvalue weighted by atomic mass is 9.61. The number of amides is 1. The average Bonchev–Trinajstić information content (AvgIpc) is 2.58. The summed E-state index contributed by atoms with van der Waals surface area (Å²) >= 11 is 0. The summed E-state index contributed by atoms with van der Waals surface area (Å²) in [6.45, 7) is 8.83. The number of anilines is 1. The van der Waals surface area contributed by atoms with Gasteiger partial charge in [-0.05, 0) is 64.1 Å². The lowest BCUT2D eigenvalue weighted by Gasteiger charge is -2.43. The highest BCUT2D eigenvalue weighted by Crippen LogP contribution is 2.50. The molecule has 2 aromatic rings. The van der Waals surface area contributed by atoms with Gasteiger partial charge in [0, 0.05) is 5.69 Å². The molecule has 2 aromatic carbocycles. The Hall–Kier alpha value is -2.62. The van der Waals surface area contributed by atoms with Crippen molar-refractivity contribution in [3.05, 3.63) is 53.1 Å². The Balaban J connectivity index is 2.41. The molecule has 1 aliphatic carbocycles. The normalized spacial score (nSPS) is 17.2. The van der Waals surface area contributed by atoms with Gasteiger partial charge in [0.2, 0.25) is 6.41 Å². The Morgan fingerprint density at radius 1 is 1.04 bits per heavy atom. The predicted molar refractivity (Wildman–Crippen MR) is 104 cm³/mol. The van der Waals surface area contributed by atoms with Crippen LogP contribution in [-0.4, -0.2) is 17.5 Å². The summed E-state index contributed by atoms with van der Waals surface area (Å²) in [5.74, 6) is -0.948. The summed E-state index contributed by atoms with van der Waals surface area (Å²) in [6.07, 6.45) is 2.73. The van der Waals surface area contributed by atoms with Crippen molar-refractivity contribution in [3.8, 4) is 11.1 Å². The maximum atomic E-state index is 11.8. The first-order valence-corrected chi connectivity index (χ1v) is 8.89. The molecule has 0 spiro atoms. The Labute approximate surface area is 154 Å². The lowest BCUT2D eigenvalue weighted by molar-refractivity contribution is -0.105. The third-order valence-electron chi connectivity index (χ3n) is 5.59. The molecule has 0 fully saturated rings. The number of carbonyl (C=O) groups excluding carboxylic acids is 1. The Bertz CT molecular complexity index is 881. The average molecular weight is 351 g/mol. The molecule has 0 saturated heterocycles. The first-order valence-electron chi connectivity index (χ1n) is 8.89. The number of carboxylic acid groups (broad SMARTS) is 1. The number of rotatable bonds is 4. The van der Waals surface area contributed by atoms with Crippen LogP contribution >= 0.6 is 0 Å². The summed E-state index contributed by atoms with van der Waals surface area (Å²) in [7, 11) is 0. The fourth-order valence-corrected chi connectivity index (χ4v) is 4.06. The second-order valence-electron chi connectivity index (χ2n) is 8.33. The van der Waals surface area contributed by atoms with Crippen LogP contribution in [0.1, 0.15) is 62.0 Å². The molecule has 2 N–H and O–H groups in total. The zero-order valence-electron chi connectivity index (χ0n) is 15.7. The molecule has 0 aromatic heterocycles. The van der Waals surface area contributed by atoms with Gasteiger partial charge in [-0.1, -0.05) is 45.9 Å². The largest absolute Gasteiger partial charge is 0.478 e. The number of fused-ring (bicyclic) bond motifs is 1. The van der Waals surface area contributed by atoms with E-state index in [0.29, 0.717) is 17.7 Å². The molecule has 1 aliphatic rings. The Morgan fingerprint density at radius 2 is 1.69 bits per heavy atom. The topological polar surface area (TPSA) is 66.4 Å². The highest BCUT2D eigenvalue weighted by molar-refractivity contribution is 5.97. The molecule has 0 atom stereocenters. The molecule has 0 aliphatic heterocycles. The molecule has 0 bridgehead atoms. The summed E-state index contributed by atoms with van der Waals surface area (Å²) < 4.78 is 0. The van der Waals surface area contributed by atoms with E-state index in [1.165, 1.54) is 11.1 Å². The van der Waals surface area contributed by atoms with Gasteiger partial charge in [0.25, 0.3) is 0 Å². The highest BCUT2D eigenvalue weighted by atomic mass is 16.4. The van der Waals surface area contributed by atoms with E-state index in [0.717, 1.165) is 18.4 Å². The van der Waals surface area contributed by atoms with Crippen LogP contribution < -0.4 is 5.32 Å². The second-order valence-corrected chi connectivity index (χ2v) is 8.33. The van der Waals surface area contributed by atoms with E-state index < -0.39 is 5.97 Å². The van der Waals surface area contributed by atoms with Crippen molar-refractivity contribution >= 4 is 18.1 Å². The van der Waals surface area contributed by atoms with Crippen molar-refractivity contribution in [1.29, 1.82) is 0 Å². The molecular formula is C22H25NO3. The molecule has 26 heavy (non-hydrogen) atoms. The number of nitrogens with one attached hydrogen (secondary N) is 1. The monoisotopic (exact) mass is 351 g/mol. The van der Waals surface area contributed by atoms with E-state index in [1.807, 2.05) is 24.3 Å². The molecule has 4 nitrogen and oxygen atoms in total. The minimum atomic E-state index is -0.948. The van der Waals surface area contributed by atoms with Gasteiger partial charge in [0.05, 0.1) is 5.56 Å². The van der Waals surface area contributed by atoms with Crippen molar-refractivity contribution in [2.24, 2.45) is 0 Å². The highest BCUT2D eigenvalue weighted by Gasteiger charge is 2.39. The molecule has 4 heteroatoms. The van der Waals surface area contributed by atoms with E-state index in [4.69, 9.17) is 0 Å². The fraction of sp³-hybridized carbons (Fsp3) is 0.364. The Kier molecular flexibility index (Phi) is 4.39. The van der Waals surface area contributed by atoms with Crippen LogP contribution in [0, 0.1) is 0 Å². The van der Waals surface area contributed by atoms with Crippen LogP contribution in [0.2, 0.25) is 0 Å². The third-order valence-corrected chi connectivity index (χ3v) is 5.59. The van der Waals surface area contributed by atoms with Crippen LogP contribution in [-0.2, 0) is 15.6 Å². The molecule has 0 saturated carbocycles. The van der Waals surface area contributed by atoms with E-state index >= 15 is 0 Å². The number of carbonyl (C=O) groups is 2.